The van der Waals surface area contributed by atoms with E-state index in [0.717, 1.165) is 5.56 Å². The third-order valence-electron chi connectivity index (χ3n) is 5.56. The first-order valence-corrected chi connectivity index (χ1v) is 9.53. The first-order valence-electron chi connectivity index (χ1n) is 9.53. The Morgan fingerprint density at radius 1 is 1.21 bits per heavy atom. The molecule has 2 fully saturated rings. The third kappa shape index (κ3) is 4.37. The van der Waals surface area contributed by atoms with E-state index in [0.29, 0.717) is 32.5 Å². The van der Waals surface area contributed by atoms with E-state index < -0.39 is 18.2 Å². The summed E-state index contributed by atoms with van der Waals surface area (Å²) < 4.78 is 5.21. The second-order valence-electron chi connectivity index (χ2n) is 8.08. The van der Waals surface area contributed by atoms with Crippen molar-refractivity contribution in [2.75, 3.05) is 19.6 Å². The molecule has 8 nitrogen and oxygen atoms in total. The maximum absolute atomic E-state index is 12.8. The summed E-state index contributed by atoms with van der Waals surface area (Å²) in [7, 11) is 0. The standard InChI is InChI=1S/C20H27N3O5/c1-20(2)13-22(19(26)27)10-9-16(20)23-11-8-15(17(23)24)21-18(25)28-12-14-6-4-3-5-7-14/h3-7,15-16H,8-13H2,1-2H3,(H,21,25)(H,26,27). The van der Waals surface area contributed by atoms with Crippen molar-refractivity contribution in [3.63, 3.8) is 0 Å². The van der Waals surface area contributed by atoms with Crippen molar-refractivity contribution in [2.45, 2.75) is 45.4 Å². The SMILES string of the molecule is CC1(C)CN(C(=O)O)CCC1N1CCC(NC(=O)OCc2ccccc2)C1=O. The quantitative estimate of drug-likeness (QED) is 0.823. The molecule has 0 radical (unpaired) electrons. The number of carbonyl (C=O) groups excluding carboxylic acids is 2. The van der Waals surface area contributed by atoms with Gasteiger partial charge in [0.15, 0.2) is 0 Å². The highest BCUT2D eigenvalue weighted by atomic mass is 16.5. The Bertz CT molecular complexity index is 737. The average Bonchev–Trinajstić information content (AvgIpc) is 3.00. The van der Waals surface area contributed by atoms with E-state index in [4.69, 9.17) is 4.74 Å². The van der Waals surface area contributed by atoms with Gasteiger partial charge in [0.2, 0.25) is 5.91 Å². The summed E-state index contributed by atoms with van der Waals surface area (Å²) in [6.07, 6.45) is -0.422. The Hall–Kier alpha value is -2.77. The highest BCUT2D eigenvalue weighted by Crippen LogP contribution is 2.35. The summed E-state index contributed by atoms with van der Waals surface area (Å²) in [5, 5.41) is 11.9. The van der Waals surface area contributed by atoms with Gasteiger partial charge >= 0.3 is 12.2 Å². The van der Waals surface area contributed by atoms with Gasteiger partial charge in [-0.05, 0) is 18.4 Å². The topological polar surface area (TPSA) is 99.2 Å². The molecule has 2 unspecified atom stereocenters. The molecule has 1 aromatic rings. The van der Waals surface area contributed by atoms with E-state index in [-0.39, 0.29) is 24.0 Å². The van der Waals surface area contributed by atoms with Gasteiger partial charge in [-0.2, -0.15) is 0 Å². The molecule has 0 spiro atoms. The summed E-state index contributed by atoms with van der Waals surface area (Å²) in [4.78, 5) is 39.4. The van der Waals surface area contributed by atoms with Crippen LogP contribution in [0.25, 0.3) is 0 Å². The molecule has 0 saturated carbocycles. The van der Waals surface area contributed by atoms with E-state index in [1.807, 2.05) is 44.2 Å². The fourth-order valence-corrected chi connectivity index (χ4v) is 4.14. The molecule has 3 rings (SSSR count). The number of benzene rings is 1. The molecule has 0 aromatic heterocycles. The fraction of sp³-hybridized carbons (Fsp3) is 0.550. The number of piperidine rings is 1. The Kier molecular flexibility index (Phi) is 5.76. The lowest BCUT2D eigenvalue weighted by molar-refractivity contribution is -0.135. The summed E-state index contributed by atoms with van der Waals surface area (Å²) in [6, 6.07) is 8.69. The van der Waals surface area contributed by atoms with Crippen molar-refractivity contribution in [1.29, 1.82) is 0 Å². The van der Waals surface area contributed by atoms with E-state index in [1.54, 1.807) is 4.90 Å². The second kappa shape index (κ2) is 8.08. The molecule has 3 amide bonds. The smallest absolute Gasteiger partial charge is 0.408 e. The van der Waals surface area contributed by atoms with Crippen molar-refractivity contribution in [1.82, 2.24) is 15.1 Å². The number of likely N-dealkylation sites (tertiary alicyclic amines) is 2. The minimum Gasteiger partial charge on any atom is -0.465 e. The molecule has 152 valence electrons. The number of rotatable bonds is 4. The minimum absolute atomic E-state index is 0.0530. The first-order chi connectivity index (χ1) is 13.3. The number of nitrogens with one attached hydrogen (secondary N) is 1. The number of nitrogens with zero attached hydrogens (tertiary/aromatic N) is 2. The molecule has 2 aliphatic heterocycles. The van der Waals surface area contributed by atoms with Crippen LogP contribution < -0.4 is 5.32 Å². The van der Waals surface area contributed by atoms with Crippen LogP contribution in [0.5, 0.6) is 0 Å². The van der Waals surface area contributed by atoms with Gasteiger partial charge in [0, 0.05) is 31.1 Å². The Labute approximate surface area is 164 Å². The van der Waals surface area contributed by atoms with Gasteiger partial charge in [0.1, 0.15) is 12.6 Å². The zero-order valence-electron chi connectivity index (χ0n) is 16.3. The van der Waals surface area contributed by atoms with Crippen LogP contribution in [0.1, 0.15) is 32.3 Å². The predicted molar refractivity (Wildman–Crippen MR) is 102 cm³/mol. The van der Waals surface area contributed by atoms with E-state index in [9.17, 15) is 19.5 Å². The van der Waals surface area contributed by atoms with Crippen LogP contribution >= 0.6 is 0 Å². The van der Waals surface area contributed by atoms with Crippen molar-refractivity contribution < 1.29 is 24.2 Å². The van der Waals surface area contributed by atoms with Crippen molar-refractivity contribution in [2.24, 2.45) is 5.41 Å². The maximum atomic E-state index is 12.8. The van der Waals surface area contributed by atoms with Gasteiger partial charge in [-0.25, -0.2) is 9.59 Å². The van der Waals surface area contributed by atoms with Crippen LogP contribution in [-0.2, 0) is 16.1 Å². The van der Waals surface area contributed by atoms with Crippen molar-refractivity contribution in [3.05, 3.63) is 35.9 Å². The Morgan fingerprint density at radius 2 is 1.93 bits per heavy atom. The van der Waals surface area contributed by atoms with Gasteiger partial charge in [-0.15, -0.1) is 0 Å². The lowest BCUT2D eigenvalue weighted by atomic mass is 9.78. The van der Waals surface area contributed by atoms with Gasteiger partial charge in [0.05, 0.1) is 0 Å². The van der Waals surface area contributed by atoms with Crippen LogP contribution in [0.4, 0.5) is 9.59 Å². The van der Waals surface area contributed by atoms with Gasteiger partial charge in [-0.3, -0.25) is 4.79 Å². The molecule has 2 atom stereocenters. The lowest BCUT2D eigenvalue weighted by Gasteiger charge is -2.47. The average molecular weight is 389 g/mol. The van der Waals surface area contributed by atoms with E-state index in [1.165, 1.54) is 4.90 Å². The molecule has 2 saturated heterocycles. The second-order valence-corrected chi connectivity index (χ2v) is 8.08. The number of hydrogen-bond acceptors (Lipinski definition) is 4. The fourth-order valence-electron chi connectivity index (χ4n) is 4.14. The minimum atomic E-state index is -0.931. The van der Waals surface area contributed by atoms with Crippen LogP contribution in [0.3, 0.4) is 0 Å². The van der Waals surface area contributed by atoms with Gasteiger partial charge in [-0.1, -0.05) is 44.2 Å². The number of alkyl carbamates (subject to hydrolysis) is 1. The summed E-state index contributed by atoms with van der Waals surface area (Å²) in [5.74, 6) is -0.126. The zero-order valence-corrected chi connectivity index (χ0v) is 16.3. The molecule has 2 heterocycles. The summed E-state index contributed by atoms with van der Waals surface area (Å²) in [6.45, 7) is 5.45. The van der Waals surface area contributed by atoms with E-state index >= 15 is 0 Å². The van der Waals surface area contributed by atoms with Gasteiger partial charge < -0.3 is 25.0 Å². The van der Waals surface area contributed by atoms with Crippen molar-refractivity contribution >= 4 is 18.1 Å². The van der Waals surface area contributed by atoms with E-state index in [2.05, 4.69) is 5.32 Å². The predicted octanol–water partition coefficient (Wildman–Crippen LogP) is 2.29. The highest BCUT2D eigenvalue weighted by Gasteiger charge is 2.46. The molecule has 0 bridgehead atoms. The van der Waals surface area contributed by atoms with Crippen LogP contribution in [0.2, 0.25) is 0 Å². The number of carbonyl (C=O) groups is 3. The highest BCUT2D eigenvalue weighted by molar-refractivity contribution is 5.87. The molecule has 1 aromatic carbocycles. The van der Waals surface area contributed by atoms with Crippen LogP contribution in [0.15, 0.2) is 30.3 Å². The third-order valence-corrected chi connectivity index (χ3v) is 5.56. The summed E-state index contributed by atoms with van der Waals surface area (Å²) >= 11 is 0. The maximum Gasteiger partial charge on any atom is 0.408 e. The Balaban J connectivity index is 1.54. The molecule has 28 heavy (non-hydrogen) atoms. The van der Waals surface area contributed by atoms with Gasteiger partial charge in [0.25, 0.3) is 0 Å². The molecular formula is C20H27N3O5. The number of amides is 3. The molecule has 2 N–H and O–H groups in total. The molecular weight excluding hydrogens is 362 g/mol. The first kappa shape index (κ1) is 20.0. The lowest BCUT2D eigenvalue weighted by Crippen LogP contribution is -2.58. The Morgan fingerprint density at radius 3 is 2.57 bits per heavy atom. The number of ether oxygens (including phenoxy) is 1. The van der Waals surface area contributed by atoms with Crippen LogP contribution in [0, 0.1) is 5.41 Å². The summed E-state index contributed by atoms with van der Waals surface area (Å²) in [5.41, 5.74) is 0.526. The molecule has 8 heteroatoms. The number of carboxylic acid groups (broad SMARTS) is 1. The normalized spacial score (nSPS) is 24.1. The van der Waals surface area contributed by atoms with Crippen LogP contribution in [-0.4, -0.2) is 64.7 Å². The van der Waals surface area contributed by atoms with Crippen molar-refractivity contribution in [3.8, 4) is 0 Å². The molecule has 2 aliphatic rings. The largest absolute Gasteiger partial charge is 0.465 e. The monoisotopic (exact) mass is 389 g/mol. The molecule has 0 aliphatic carbocycles. The zero-order chi connectivity index (χ0) is 20.3. The number of hydrogen-bond donors (Lipinski definition) is 2.